The molecule has 0 heterocycles. The summed E-state index contributed by atoms with van der Waals surface area (Å²) in [7, 11) is 0. The van der Waals surface area contributed by atoms with Gasteiger partial charge in [-0.1, -0.05) is 29.3 Å². The zero-order valence-corrected chi connectivity index (χ0v) is 15.2. The lowest BCUT2D eigenvalue weighted by molar-refractivity contribution is -0.131. The largest absolute Gasteiger partial charge is 0.478 e. The maximum Gasteiger partial charge on any atom is 0.330 e. The van der Waals surface area contributed by atoms with Crippen molar-refractivity contribution >= 4 is 57.7 Å². The minimum atomic E-state index is -2.23. The first-order valence-electron chi connectivity index (χ1n) is 6.95. The Labute approximate surface area is 161 Å². The van der Waals surface area contributed by atoms with Crippen molar-refractivity contribution in [3.63, 3.8) is 0 Å². The number of amides is 1. The monoisotopic (exact) mass is 414 g/mol. The van der Waals surface area contributed by atoms with Gasteiger partial charge in [-0.15, -0.1) is 0 Å². The highest BCUT2D eigenvalue weighted by molar-refractivity contribution is 7.80. The fourth-order valence-electron chi connectivity index (χ4n) is 1.96. The predicted octanol–water partition coefficient (Wildman–Crippen LogP) is 3.40. The van der Waals surface area contributed by atoms with Gasteiger partial charge >= 0.3 is 5.97 Å². The molecule has 0 radical (unpaired) electrons. The van der Waals surface area contributed by atoms with E-state index in [2.05, 4.69) is 10.0 Å². The van der Waals surface area contributed by atoms with Gasteiger partial charge in [0.15, 0.2) is 0 Å². The zero-order valence-electron chi connectivity index (χ0n) is 12.9. The summed E-state index contributed by atoms with van der Waals surface area (Å²) in [6.45, 7) is 0. The van der Waals surface area contributed by atoms with Crippen LogP contribution >= 0.6 is 23.2 Å². The molecule has 2 rings (SSSR count). The van der Waals surface area contributed by atoms with Crippen molar-refractivity contribution in [3.05, 3.63) is 69.7 Å². The smallest absolute Gasteiger partial charge is 0.330 e. The summed E-state index contributed by atoms with van der Waals surface area (Å²) >= 11 is 9.55. The quantitative estimate of drug-likeness (QED) is 0.426. The Morgan fingerprint density at radius 3 is 2.15 bits per heavy atom. The zero-order chi connectivity index (χ0) is 19.3. The molecule has 1 unspecified atom stereocenters. The van der Waals surface area contributed by atoms with Gasteiger partial charge in [-0.05, 0) is 42.0 Å². The summed E-state index contributed by atoms with van der Waals surface area (Å²) in [5.41, 5.74) is 0.952. The van der Waals surface area contributed by atoms with Crippen molar-refractivity contribution in [1.29, 1.82) is 0 Å². The lowest BCUT2D eigenvalue weighted by atomic mass is 10.1. The molecule has 0 aromatic heterocycles. The normalized spacial score (nSPS) is 12.3. The fraction of sp³-hybridized carbons (Fsp3) is 0. The lowest BCUT2D eigenvalue weighted by Crippen LogP contribution is -2.22. The number of anilines is 1. The van der Waals surface area contributed by atoms with Gasteiger partial charge in [0.2, 0.25) is 0 Å². The molecule has 136 valence electrons. The number of hydrogen-bond donors (Lipinski definition) is 4. The predicted molar refractivity (Wildman–Crippen MR) is 100 cm³/mol. The van der Waals surface area contributed by atoms with Gasteiger partial charge in [0.05, 0.1) is 15.7 Å². The van der Waals surface area contributed by atoms with E-state index in [1.807, 2.05) is 0 Å². The van der Waals surface area contributed by atoms with Crippen LogP contribution in [0.15, 0.2) is 48.5 Å². The van der Waals surface area contributed by atoms with Gasteiger partial charge < -0.3 is 10.4 Å². The Balaban J connectivity index is 2.25. The van der Waals surface area contributed by atoms with E-state index < -0.39 is 23.1 Å². The number of benzene rings is 2. The minimum absolute atomic E-state index is 0.0275. The fourth-order valence-corrected chi connectivity index (χ4v) is 2.60. The Kier molecular flexibility index (Phi) is 6.76. The van der Waals surface area contributed by atoms with E-state index >= 15 is 0 Å². The molecule has 0 fully saturated rings. The van der Waals surface area contributed by atoms with Crippen LogP contribution in [0.2, 0.25) is 10.0 Å². The van der Waals surface area contributed by atoms with Crippen molar-refractivity contribution in [2.45, 2.75) is 0 Å². The number of aliphatic carboxylic acids is 1. The van der Waals surface area contributed by atoms with Crippen molar-refractivity contribution in [3.8, 4) is 0 Å². The Hall–Kier alpha value is -2.39. The molecule has 1 atom stereocenters. The second kappa shape index (κ2) is 8.81. The van der Waals surface area contributed by atoms with Gasteiger partial charge in [0.25, 0.3) is 17.2 Å². The second-order valence-electron chi connectivity index (χ2n) is 4.91. The van der Waals surface area contributed by atoms with Crippen LogP contribution in [0.25, 0.3) is 5.70 Å². The Morgan fingerprint density at radius 2 is 1.62 bits per heavy atom. The van der Waals surface area contributed by atoms with E-state index in [4.69, 9.17) is 32.9 Å². The van der Waals surface area contributed by atoms with Crippen LogP contribution in [0, 0.1) is 0 Å². The van der Waals surface area contributed by atoms with E-state index in [-0.39, 0.29) is 16.3 Å². The first kappa shape index (κ1) is 19.9. The first-order chi connectivity index (χ1) is 12.3. The molecule has 10 heteroatoms. The van der Waals surface area contributed by atoms with Crippen LogP contribution in [-0.4, -0.2) is 25.7 Å². The number of hydrogen-bond acceptors (Lipinski definition) is 3. The Bertz CT molecular complexity index is 900. The standard InChI is InChI=1S/C16H12Cl2N2O5S/c17-12-6-3-10(7-13(12)18)14(8-15(21)22)19-16(23)9-1-4-11(5-2-9)20-26(24)25/h1-8,20H,(H,19,23)(H,21,22)(H,24,25)/b14-8-. The maximum atomic E-state index is 12.4. The highest BCUT2D eigenvalue weighted by Gasteiger charge is 2.12. The number of carbonyl (C=O) groups is 2. The molecular formula is C16H12Cl2N2O5S. The number of carboxylic acids is 1. The molecule has 2 aromatic rings. The molecule has 0 bridgehead atoms. The van der Waals surface area contributed by atoms with Crippen LogP contribution in [0.3, 0.4) is 0 Å². The average Bonchev–Trinajstić information content (AvgIpc) is 2.56. The van der Waals surface area contributed by atoms with Gasteiger partial charge in [-0.2, -0.15) is 0 Å². The van der Waals surface area contributed by atoms with Crippen molar-refractivity contribution in [2.75, 3.05) is 4.72 Å². The van der Waals surface area contributed by atoms with E-state index in [0.717, 1.165) is 6.08 Å². The molecule has 0 saturated carbocycles. The summed E-state index contributed by atoms with van der Waals surface area (Å²) in [5.74, 6) is -1.82. The summed E-state index contributed by atoms with van der Waals surface area (Å²) in [5, 5.41) is 12.0. The molecule has 1 amide bonds. The molecule has 4 N–H and O–H groups in total. The number of carbonyl (C=O) groups excluding carboxylic acids is 1. The van der Waals surface area contributed by atoms with Crippen LogP contribution in [0.5, 0.6) is 0 Å². The number of halogens is 2. The van der Waals surface area contributed by atoms with E-state index in [1.54, 1.807) is 0 Å². The topological polar surface area (TPSA) is 116 Å². The number of rotatable bonds is 6. The highest BCUT2D eigenvalue weighted by Crippen LogP contribution is 2.25. The third-order valence-electron chi connectivity index (χ3n) is 3.10. The second-order valence-corrected chi connectivity index (χ2v) is 6.42. The summed E-state index contributed by atoms with van der Waals surface area (Å²) in [6, 6.07) is 10.1. The molecule has 0 aliphatic carbocycles. The molecule has 0 aliphatic heterocycles. The van der Waals surface area contributed by atoms with Crippen molar-refractivity contribution in [1.82, 2.24) is 5.32 Å². The van der Waals surface area contributed by atoms with Crippen LogP contribution in [0.4, 0.5) is 5.69 Å². The molecular weight excluding hydrogens is 403 g/mol. The first-order valence-corrected chi connectivity index (χ1v) is 8.81. The third kappa shape index (κ3) is 5.57. The van der Waals surface area contributed by atoms with Gasteiger partial charge in [0.1, 0.15) is 0 Å². The summed E-state index contributed by atoms with van der Waals surface area (Å²) in [6.07, 6.45) is 0.836. The summed E-state index contributed by atoms with van der Waals surface area (Å²) in [4.78, 5) is 23.4. The average molecular weight is 415 g/mol. The van der Waals surface area contributed by atoms with E-state index in [9.17, 15) is 13.8 Å². The van der Waals surface area contributed by atoms with Crippen LogP contribution in [-0.2, 0) is 16.1 Å². The SMILES string of the molecule is O=C(O)/C=C(\NC(=O)c1ccc(NS(=O)O)cc1)c1ccc(Cl)c(Cl)c1. The minimum Gasteiger partial charge on any atom is -0.478 e. The number of carboxylic acid groups (broad SMARTS) is 1. The van der Waals surface area contributed by atoms with Crippen molar-refractivity contribution < 1.29 is 23.5 Å². The molecule has 7 nitrogen and oxygen atoms in total. The van der Waals surface area contributed by atoms with Gasteiger partial charge in [-0.3, -0.25) is 14.1 Å². The molecule has 0 aliphatic rings. The molecule has 0 spiro atoms. The lowest BCUT2D eigenvalue weighted by Gasteiger charge is -2.11. The van der Waals surface area contributed by atoms with E-state index in [1.165, 1.54) is 42.5 Å². The van der Waals surface area contributed by atoms with E-state index in [0.29, 0.717) is 16.3 Å². The molecule has 0 saturated heterocycles. The summed E-state index contributed by atoms with van der Waals surface area (Å²) < 4.78 is 21.7. The molecule has 26 heavy (non-hydrogen) atoms. The Morgan fingerprint density at radius 1 is 1.00 bits per heavy atom. The van der Waals surface area contributed by atoms with Gasteiger partial charge in [0, 0.05) is 17.3 Å². The highest BCUT2D eigenvalue weighted by atomic mass is 35.5. The van der Waals surface area contributed by atoms with Gasteiger partial charge in [-0.25, -0.2) is 9.00 Å². The maximum absolute atomic E-state index is 12.4. The van der Waals surface area contributed by atoms with Crippen LogP contribution in [0.1, 0.15) is 15.9 Å². The molecule has 2 aromatic carbocycles. The van der Waals surface area contributed by atoms with Crippen LogP contribution < -0.4 is 10.0 Å². The van der Waals surface area contributed by atoms with Crippen molar-refractivity contribution in [2.24, 2.45) is 0 Å². The number of nitrogens with one attached hydrogen (secondary N) is 2. The third-order valence-corrected chi connectivity index (χ3v) is 4.25.